The second kappa shape index (κ2) is 7.63. The lowest BCUT2D eigenvalue weighted by Gasteiger charge is -2.25. The highest BCUT2D eigenvalue weighted by atomic mass is 19.1. The first-order chi connectivity index (χ1) is 14.1. The summed E-state index contributed by atoms with van der Waals surface area (Å²) in [5, 5.41) is 10.8. The largest absolute Gasteiger partial charge is 0.507 e. The maximum atomic E-state index is 13.5. The van der Waals surface area contributed by atoms with Crippen molar-refractivity contribution >= 4 is 17.4 Å². The lowest BCUT2D eigenvalue weighted by atomic mass is 9.95. The number of aliphatic hydroxyl groups excluding tert-OH is 1. The summed E-state index contributed by atoms with van der Waals surface area (Å²) in [5.41, 5.74) is 1.57. The number of benzene rings is 1. The van der Waals surface area contributed by atoms with Crippen LogP contribution < -0.4 is 0 Å². The monoisotopic (exact) mass is 389 g/mol. The second-order valence-corrected chi connectivity index (χ2v) is 6.58. The molecule has 1 saturated heterocycles. The molecule has 3 aromatic rings. The number of aromatic nitrogens is 2. The van der Waals surface area contributed by atoms with Crippen molar-refractivity contribution in [2.45, 2.75) is 12.6 Å². The van der Waals surface area contributed by atoms with E-state index in [1.165, 1.54) is 41.6 Å². The Balaban J connectivity index is 1.86. The zero-order valence-electron chi connectivity index (χ0n) is 15.2. The van der Waals surface area contributed by atoms with Crippen LogP contribution in [0.3, 0.4) is 0 Å². The van der Waals surface area contributed by atoms with Crippen LogP contribution in [0.15, 0.2) is 78.9 Å². The standard InChI is InChI=1S/C22H16FN3O3/c23-17-5-3-15(4-6-17)19-18(20(27)16-7-10-24-11-8-16)21(28)22(29)26(19)13-14-2-1-9-25-12-14/h1-12,19,27H,13H2. The van der Waals surface area contributed by atoms with E-state index in [0.29, 0.717) is 11.1 Å². The zero-order valence-corrected chi connectivity index (χ0v) is 15.2. The summed E-state index contributed by atoms with van der Waals surface area (Å²) in [6.07, 6.45) is 6.17. The van der Waals surface area contributed by atoms with Crippen LogP contribution in [0.2, 0.25) is 0 Å². The van der Waals surface area contributed by atoms with Gasteiger partial charge in [-0.1, -0.05) is 18.2 Å². The van der Waals surface area contributed by atoms with Crippen molar-refractivity contribution < 1.29 is 19.1 Å². The Morgan fingerprint density at radius 2 is 1.72 bits per heavy atom. The lowest BCUT2D eigenvalue weighted by molar-refractivity contribution is -0.140. The van der Waals surface area contributed by atoms with Crippen LogP contribution in [0.4, 0.5) is 4.39 Å². The van der Waals surface area contributed by atoms with E-state index in [4.69, 9.17) is 0 Å². The molecule has 0 saturated carbocycles. The van der Waals surface area contributed by atoms with Crippen LogP contribution in [0.5, 0.6) is 0 Å². The number of ketones is 1. The fourth-order valence-electron chi connectivity index (χ4n) is 3.39. The molecular formula is C22H16FN3O3. The third-order valence-electron chi connectivity index (χ3n) is 4.76. The molecule has 0 aliphatic carbocycles. The SMILES string of the molecule is O=C1C(=O)N(Cc2cccnc2)C(c2ccc(F)cc2)C1=C(O)c1ccncc1. The van der Waals surface area contributed by atoms with E-state index in [0.717, 1.165) is 5.56 Å². The Morgan fingerprint density at radius 3 is 2.38 bits per heavy atom. The first-order valence-corrected chi connectivity index (χ1v) is 8.89. The van der Waals surface area contributed by atoms with Crippen molar-refractivity contribution in [1.82, 2.24) is 14.9 Å². The number of Topliss-reactive ketones (excluding diaryl/α,β-unsaturated/α-hetero) is 1. The summed E-state index contributed by atoms with van der Waals surface area (Å²) in [6, 6.07) is 11.3. The van der Waals surface area contributed by atoms with E-state index in [-0.39, 0.29) is 17.9 Å². The molecule has 1 fully saturated rings. The summed E-state index contributed by atoms with van der Waals surface area (Å²) >= 11 is 0. The number of hydrogen-bond donors (Lipinski definition) is 1. The van der Waals surface area contributed by atoms with Crippen LogP contribution in [-0.2, 0) is 16.1 Å². The van der Waals surface area contributed by atoms with E-state index in [1.54, 1.807) is 36.7 Å². The number of likely N-dealkylation sites (tertiary alicyclic amines) is 1. The fraction of sp³-hybridized carbons (Fsp3) is 0.0909. The van der Waals surface area contributed by atoms with E-state index < -0.39 is 23.5 Å². The molecule has 3 heterocycles. The molecule has 0 radical (unpaired) electrons. The van der Waals surface area contributed by atoms with Gasteiger partial charge in [-0.25, -0.2) is 4.39 Å². The van der Waals surface area contributed by atoms with Gasteiger partial charge in [-0.3, -0.25) is 19.6 Å². The zero-order chi connectivity index (χ0) is 20.4. The van der Waals surface area contributed by atoms with Crippen molar-refractivity contribution in [1.29, 1.82) is 0 Å². The fourth-order valence-corrected chi connectivity index (χ4v) is 3.39. The Bertz CT molecular complexity index is 1080. The van der Waals surface area contributed by atoms with Crippen LogP contribution >= 0.6 is 0 Å². The van der Waals surface area contributed by atoms with Gasteiger partial charge in [0.25, 0.3) is 11.7 Å². The average molecular weight is 389 g/mol. The molecule has 1 aliphatic rings. The number of nitrogens with zero attached hydrogens (tertiary/aromatic N) is 3. The van der Waals surface area contributed by atoms with Crippen LogP contribution in [0.1, 0.15) is 22.7 Å². The maximum absolute atomic E-state index is 13.5. The molecular weight excluding hydrogens is 373 g/mol. The van der Waals surface area contributed by atoms with Crippen LogP contribution in [-0.4, -0.2) is 31.7 Å². The summed E-state index contributed by atoms with van der Waals surface area (Å²) in [5.74, 6) is -2.27. The predicted octanol–water partition coefficient (Wildman–Crippen LogP) is 3.24. The van der Waals surface area contributed by atoms with Gasteiger partial charge >= 0.3 is 0 Å². The Labute approximate surface area is 166 Å². The third-order valence-corrected chi connectivity index (χ3v) is 4.76. The van der Waals surface area contributed by atoms with Gasteiger partial charge in [-0.15, -0.1) is 0 Å². The molecule has 1 amide bonds. The van der Waals surface area contributed by atoms with E-state index in [2.05, 4.69) is 9.97 Å². The molecule has 0 bridgehead atoms. The highest BCUT2D eigenvalue weighted by Crippen LogP contribution is 2.40. The highest BCUT2D eigenvalue weighted by molar-refractivity contribution is 6.46. The molecule has 1 N–H and O–H groups in total. The maximum Gasteiger partial charge on any atom is 0.295 e. The van der Waals surface area contributed by atoms with Gasteiger partial charge in [-0.05, 0) is 41.5 Å². The molecule has 1 atom stereocenters. The Morgan fingerprint density at radius 1 is 1.00 bits per heavy atom. The predicted molar refractivity (Wildman–Crippen MR) is 103 cm³/mol. The van der Waals surface area contributed by atoms with Gasteiger partial charge in [0.15, 0.2) is 0 Å². The van der Waals surface area contributed by atoms with Crippen molar-refractivity contribution in [3.63, 3.8) is 0 Å². The number of rotatable bonds is 4. The van der Waals surface area contributed by atoms with Gasteiger partial charge in [0.1, 0.15) is 11.6 Å². The molecule has 1 aromatic carbocycles. The summed E-state index contributed by atoms with van der Waals surface area (Å²) in [7, 11) is 0. The normalized spacial score (nSPS) is 18.2. The molecule has 4 rings (SSSR count). The Hall–Kier alpha value is -3.87. The minimum absolute atomic E-state index is 0.0447. The molecule has 144 valence electrons. The van der Waals surface area contributed by atoms with Crippen molar-refractivity contribution in [3.05, 3.63) is 101 Å². The summed E-state index contributed by atoms with van der Waals surface area (Å²) in [6.45, 7) is 0.119. The van der Waals surface area contributed by atoms with Gasteiger partial charge in [0.2, 0.25) is 0 Å². The van der Waals surface area contributed by atoms with Crippen LogP contribution in [0, 0.1) is 5.82 Å². The van der Waals surface area contributed by atoms with Gasteiger partial charge < -0.3 is 10.0 Å². The number of hydrogen-bond acceptors (Lipinski definition) is 5. The molecule has 1 unspecified atom stereocenters. The molecule has 0 spiro atoms. The first-order valence-electron chi connectivity index (χ1n) is 8.89. The highest BCUT2D eigenvalue weighted by Gasteiger charge is 2.46. The average Bonchev–Trinajstić information content (AvgIpc) is 3.00. The molecule has 2 aromatic heterocycles. The molecule has 1 aliphatic heterocycles. The number of halogens is 1. The number of carbonyl (C=O) groups is 2. The minimum Gasteiger partial charge on any atom is -0.507 e. The van der Waals surface area contributed by atoms with Crippen molar-refractivity contribution in [2.75, 3.05) is 0 Å². The number of carbonyl (C=O) groups excluding carboxylic acids is 2. The second-order valence-electron chi connectivity index (χ2n) is 6.58. The summed E-state index contributed by atoms with van der Waals surface area (Å²) < 4.78 is 13.5. The van der Waals surface area contributed by atoms with Gasteiger partial charge in [-0.2, -0.15) is 0 Å². The topological polar surface area (TPSA) is 83.4 Å². The van der Waals surface area contributed by atoms with Crippen molar-refractivity contribution in [3.8, 4) is 0 Å². The smallest absolute Gasteiger partial charge is 0.295 e. The quantitative estimate of drug-likeness (QED) is 0.421. The van der Waals surface area contributed by atoms with Gasteiger partial charge in [0, 0.05) is 36.9 Å². The minimum atomic E-state index is -0.857. The number of amides is 1. The number of pyridine rings is 2. The lowest BCUT2D eigenvalue weighted by Crippen LogP contribution is -2.29. The van der Waals surface area contributed by atoms with Crippen molar-refractivity contribution in [2.24, 2.45) is 0 Å². The number of aliphatic hydroxyl groups is 1. The van der Waals surface area contributed by atoms with E-state index in [9.17, 15) is 19.1 Å². The van der Waals surface area contributed by atoms with E-state index in [1.807, 2.05) is 0 Å². The van der Waals surface area contributed by atoms with Crippen LogP contribution in [0.25, 0.3) is 5.76 Å². The summed E-state index contributed by atoms with van der Waals surface area (Å²) in [4.78, 5) is 35.0. The molecule has 6 nitrogen and oxygen atoms in total. The third kappa shape index (κ3) is 3.50. The first kappa shape index (κ1) is 18.5. The molecule has 29 heavy (non-hydrogen) atoms. The molecule has 7 heteroatoms. The van der Waals surface area contributed by atoms with Gasteiger partial charge in [0.05, 0.1) is 11.6 Å². The Kier molecular flexibility index (Phi) is 4.87. The van der Waals surface area contributed by atoms with E-state index >= 15 is 0 Å².